The van der Waals surface area contributed by atoms with E-state index in [4.69, 9.17) is 4.74 Å². The minimum Gasteiger partial charge on any atom is -0.481 e. The van der Waals surface area contributed by atoms with Gasteiger partial charge in [-0.05, 0) is 40.5 Å². The van der Waals surface area contributed by atoms with E-state index in [1.165, 1.54) is 0 Å². The number of hydrogen-bond donors (Lipinski definition) is 3. The molecule has 1 fully saturated rings. The van der Waals surface area contributed by atoms with Crippen LogP contribution in [0.2, 0.25) is 0 Å². The van der Waals surface area contributed by atoms with Crippen LogP contribution in [-0.4, -0.2) is 42.3 Å². The zero-order valence-electron chi connectivity index (χ0n) is 20.6. The van der Waals surface area contributed by atoms with Gasteiger partial charge >= 0.3 is 12.1 Å². The number of rotatable bonds is 8. The third kappa shape index (κ3) is 5.19. The molecule has 2 aliphatic rings. The first-order valence-corrected chi connectivity index (χ1v) is 12.2. The van der Waals surface area contributed by atoms with E-state index in [0.29, 0.717) is 12.8 Å². The second-order valence-corrected chi connectivity index (χ2v) is 10.8. The van der Waals surface area contributed by atoms with Crippen molar-refractivity contribution in [3.63, 3.8) is 0 Å². The number of alkyl carbamates (subject to hydrolysis) is 1. The minimum atomic E-state index is -0.867. The van der Waals surface area contributed by atoms with Crippen LogP contribution >= 0.6 is 0 Å². The number of hydrogen-bond acceptors (Lipinski definition) is 4. The molecule has 0 aliphatic heterocycles. The number of amides is 2. The van der Waals surface area contributed by atoms with Crippen LogP contribution in [0.15, 0.2) is 48.5 Å². The summed E-state index contributed by atoms with van der Waals surface area (Å²) < 4.78 is 5.66. The Labute approximate surface area is 206 Å². The van der Waals surface area contributed by atoms with Gasteiger partial charge < -0.3 is 20.5 Å². The summed E-state index contributed by atoms with van der Waals surface area (Å²) in [5, 5.41) is 15.1. The molecule has 7 nitrogen and oxygen atoms in total. The summed E-state index contributed by atoms with van der Waals surface area (Å²) in [5.41, 5.74) is 3.34. The molecule has 7 heteroatoms. The number of nitrogens with one attached hydrogen (secondary N) is 2. The molecule has 0 spiro atoms. The van der Waals surface area contributed by atoms with Gasteiger partial charge in [0.25, 0.3) is 0 Å². The van der Waals surface area contributed by atoms with E-state index in [9.17, 15) is 19.5 Å². The maximum atomic E-state index is 12.8. The summed E-state index contributed by atoms with van der Waals surface area (Å²) >= 11 is 0. The number of carbonyl (C=O) groups is 3. The van der Waals surface area contributed by atoms with Gasteiger partial charge in [0.1, 0.15) is 6.61 Å². The summed E-state index contributed by atoms with van der Waals surface area (Å²) in [4.78, 5) is 37.0. The molecular formula is C28H34N2O5. The lowest BCUT2D eigenvalue weighted by Crippen LogP contribution is -2.50. The minimum absolute atomic E-state index is 0.0424. The van der Waals surface area contributed by atoms with Gasteiger partial charge in [-0.1, -0.05) is 75.7 Å². The topological polar surface area (TPSA) is 105 Å². The normalized spacial score (nSPS) is 16.9. The highest BCUT2D eigenvalue weighted by Crippen LogP contribution is 2.44. The second-order valence-electron chi connectivity index (χ2n) is 10.8. The fourth-order valence-electron chi connectivity index (χ4n) is 4.95. The van der Waals surface area contributed by atoms with E-state index < -0.39 is 28.9 Å². The quantitative estimate of drug-likeness (QED) is 0.510. The monoisotopic (exact) mass is 478 g/mol. The van der Waals surface area contributed by atoms with Crippen molar-refractivity contribution in [1.29, 1.82) is 0 Å². The molecule has 0 radical (unpaired) electrons. The van der Waals surface area contributed by atoms with Crippen molar-refractivity contribution in [2.24, 2.45) is 10.8 Å². The molecule has 0 bridgehead atoms. The van der Waals surface area contributed by atoms with Gasteiger partial charge in [0.15, 0.2) is 0 Å². The number of carbonyl (C=O) groups excluding carboxylic acids is 2. The number of ether oxygens (including phenoxy) is 1. The van der Waals surface area contributed by atoms with Crippen molar-refractivity contribution in [3.05, 3.63) is 59.7 Å². The van der Waals surface area contributed by atoms with Crippen LogP contribution in [0.1, 0.15) is 63.5 Å². The number of fused-ring (bicyclic) bond motifs is 3. The van der Waals surface area contributed by atoms with Gasteiger partial charge in [0, 0.05) is 24.9 Å². The van der Waals surface area contributed by atoms with Crippen molar-refractivity contribution < 1.29 is 24.2 Å². The van der Waals surface area contributed by atoms with Crippen molar-refractivity contribution in [3.8, 4) is 11.1 Å². The van der Waals surface area contributed by atoms with Gasteiger partial charge in [-0.3, -0.25) is 9.59 Å². The number of benzene rings is 2. The number of carboxylic acids is 1. The molecule has 2 aliphatic carbocycles. The lowest BCUT2D eigenvalue weighted by molar-refractivity contribution is -0.154. The van der Waals surface area contributed by atoms with Gasteiger partial charge in [0.05, 0.1) is 5.41 Å². The summed E-state index contributed by atoms with van der Waals surface area (Å²) in [6, 6.07) is 15.8. The van der Waals surface area contributed by atoms with Crippen molar-refractivity contribution in [2.45, 2.75) is 58.4 Å². The molecule has 1 unspecified atom stereocenters. The van der Waals surface area contributed by atoms with Crippen LogP contribution in [0.5, 0.6) is 0 Å². The lowest BCUT2D eigenvalue weighted by Gasteiger charge is -2.38. The first-order chi connectivity index (χ1) is 16.6. The van der Waals surface area contributed by atoms with Crippen LogP contribution in [-0.2, 0) is 14.3 Å². The third-order valence-corrected chi connectivity index (χ3v) is 7.46. The molecule has 2 amide bonds. The molecular weight excluding hydrogens is 444 g/mol. The smallest absolute Gasteiger partial charge is 0.407 e. The molecule has 4 rings (SSSR count). The van der Waals surface area contributed by atoms with Crippen molar-refractivity contribution in [2.75, 3.05) is 13.2 Å². The third-order valence-electron chi connectivity index (χ3n) is 7.46. The van der Waals surface area contributed by atoms with E-state index in [2.05, 4.69) is 34.9 Å². The largest absolute Gasteiger partial charge is 0.481 e. The lowest BCUT2D eigenvalue weighted by atomic mass is 9.69. The van der Waals surface area contributed by atoms with Crippen LogP contribution in [0.4, 0.5) is 4.79 Å². The summed E-state index contributed by atoms with van der Waals surface area (Å²) in [5.74, 6) is -1.19. The van der Waals surface area contributed by atoms with E-state index in [1.807, 2.05) is 45.0 Å². The maximum absolute atomic E-state index is 12.8. The average Bonchev–Trinajstić information content (AvgIpc) is 3.09. The maximum Gasteiger partial charge on any atom is 0.407 e. The van der Waals surface area contributed by atoms with Crippen molar-refractivity contribution >= 4 is 18.0 Å². The Kier molecular flexibility index (Phi) is 6.88. The Hall–Kier alpha value is -3.35. The van der Waals surface area contributed by atoms with E-state index in [-0.39, 0.29) is 31.4 Å². The Morgan fingerprint density at radius 3 is 2.09 bits per heavy atom. The van der Waals surface area contributed by atoms with Crippen LogP contribution in [0.25, 0.3) is 11.1 Å². The molecule has 2 aromatic rings. The van der Waals surface area contributed by atoms with Gasteiger partial charge in [-0.2, -0.15) is 0 Å². The molecule has 2 aromatic carbocycles. The fraction of sp³-hybridized carbons (Fsp3) is 0.464. The van der Waals surface area contributed by atoms with Gasteiger partial charge in [-0.15, -0.1) is 0 Å². The number of aliphatic carboxylic acids is 1. The molecule has 0 aromatic heterocycles. The SMILES string of the molecule is CC(C)(C)C(CC(=O)NCC1(C(=O)O)CCC1)NC(=O)OCC1c2ccccc2-c2ccccc21. The Bertz CT molecular complexity index is 1070. The first-order valence-electron chi connectivity index (χ1n) is 12.2. The standard InChI is InChI=1S/C28H34N2O5/c1-27(2,3)23(15-24(31)29-17-28(25(32)33)13-8-14-28)30-26(34)35-16-22-20-11-6-4-9-18(20)19-10-5-7-12-21(19)22/h4-7,9-12,22-23H,8,13-17H2,1-3H3,(H,29,31)(H,30,34)(H,32,33). The van der Waals surface area contributed by atoms with Crippen LogP contribution in [0.3, 0.4) is 0 Å². The predicted octanol–water partition coefficient (Wildman–Crippen LogP) is 4.70. The molecule has 0 heterocycles. The fourth-order valence-corrected chi connectivity index (χ4v) is 4.95. The molecule has 1 saturated carbocycles. The molecule has 3 N–H and O–H groups in total. The summed E-state index contributed by atoms with van der Waals surface area (Å²) in [6.07, 6.45) is 1.48. The Morgan fingerprint density at radius 1 is 1.03 bits per heavy atom. The Balaban J connectivity index is 1.35. The van der Waals surface area contributed by atoms with E-state index in [0.717, 1.165) is 28.7 Å². The highest BCUT2D eigenvalue weighted by Gasteiger charge is 2.44. The molecule has 186 valence electrons. The first kappa shape index (κ1) is 24.8. The highest BCUT2D eigenvalue weighted by atomic mass is 16.5. The summed E-state index contributed by atoms with van der Waals surface area (Å²) in [7, 11) is 0. The molecule has 35 heavy (non-hydrogen) atoms. The zero-order chi connectivity index (χ0) is 25.2. The van der Waals surface area contributed by atoms with E-state index in [1.54, 1.807) is 0 Å². The predicted molar refractivity (Wildman–Crippen MR) is 133 cm³/mol. The molecule has 1 atom stereocenters. The van der Waals surface area contributed by atoms with Crippen LogP contribution < -0.4 is 10.6 Å². The van der Waals surface area contributed by atoms with Crippen molar-refractivity contribution in [1.82, 2.24) is 10.6 Å². The average molecular weight is 479 g/mol. The van der Waals surface area contributed by atoms with E-state index >= 15 is 0 Å². The Morgan fingerprint density at radius 2 is 1.60 bits per heavy atom. The zero-order valence-corrected chi connectivity index (χ0v) is 20.6. The van der Waals surface area contributed by atoms with Gasteiger partial charge in [-0.25, -0.2) is 4.79 Å². The number of carboxylic acid groups (broad SMARTS) is 1. The molecule has 0 saturated heterocycles. The second kappa shape index (κ2) is 9.72. The van der Waals surface area contributed by atoms with Gasteiger partial charge in [0.2, 0.25) is 5.91 Å². The summed E-state index contributed by atoms with van der Waals surface area (Å²) in [6.45, 7) is 6.14. The van der Waals surface area contributed by atoms with Crippen LogP contribution in [0, 0.1) is 10.8 Å². The highest BCUT2D eigenvalue weighted by molar-refractivity contribution is 5.81.